The topological polar surface area (TPSA) is 92.9 Å². The fourth-order valence-electron chi connectivity index (χ4n) is 1.14. The molecule has 0 aliphatic carbocycles. The zero-order valence-electron chi connectivity index (χ0n) is 11.1. The van der Waals surface area contributed by atoms with Gasteiger partial charge in [-0.1, -0.05) is 0 Å². The summed E-state index contributed by atoms with van der Waals surface area (Å²) < 4.78 is 5.16. The van der Waals surface area contributed by atoms with Crippen molar-refractivity contribution in [3.63, 3.8) is 0 Å². The van der Waals surface area contributed by atoms with Crippen molar-refractivity contribution in [2.24, 2.45) is 5.73 Å². The lowest BCUT2D eigenvalue weighted by atomic mass is 10.1. The van der Waals surface area contributed by atoms with E-state index in [1.165, 1.54) is 4.90 Å². The third-order valence-corrected chi connectivity index (χ3v) is 2.25. The Kier molecular flexibility index (Phi) is 5.41. The Hall–Kier alpha value is -1.30. The summed E-state index contributed by atoms with van der Waals surface area (Å²) >= 11 is 0. The quantitative estimate of drug-likeness (QED) is 0.773. The monoisotopic (exact) mass is 246 g/mol. The van der Waals surface area contributed by atoms with Gasteiger partial charge >= 0.3 is 12.1 Å². The summed E-state index contributed by atoms with van der Waals surface area (Å²) in [7, 11) is 1.56. The highest BCUT2D eigenvalue weighted by atomic mass is 16.6. The minimum absolute atomic E-state index is 0.186. The molecule has 2 unspecified atom stereocenters. The molecule has 6 heteroatoms. The molecular formula is C11H22N2O4. The summed E-state index contributed by atoms with van der Waals surface area (Å²) in [6.45, 7) is 7.04. The van der Waals surface area contributed by atoms with Crippen molar-refractivity contribution < 1.29 is 19.4 Å². The van der Waals surface area contributed by atoms with E-state index in [0.717, 1.165) is 0 Å². The molecule has 0 spiro atoms. The van der Waals surface area contributed by atoms with Crippen molar-refractivity contribution in [2.45, 2.75) is 51.8 Å². The van der Waals surface area contributed by atoms with Gasteiger partial charge in [0.25, 0.3) is 0 Å². The number of nitrogens with zero attached hydrogens (tertiary/aromatic N) is 1. The van der Waals surface area contributed by atoms with Crippen LogP contribution in [-0.4, -0.2) is 46.8 Å². The fraction of sp³-hybridized carbons (Fsp3) is 0.818. The van der Waals surface area contributed by atoms with Crippen molar-refractivity contribution in [2.75, 3.05) is 7.05 Å². The molecule has 2 atom stereocenters. The van der Waals surface area contributed by atoms with Gasteiger partial charge in [-0.15, -0.1) is 0 Å². The zero-order chi connectivity index (χ0) is 13.8. The highest BCUT2D eigenvalue weighted by Gasteiger charge is 2.25. The van der Waals surface area contributed by atoms with E-state index in [9.17, 15) is 9.59 Å². The molecule has 6 nitrogen and oxygen atoms in total. The lowest BCUT2D eigenvalue weighted by molar-refractivity contribution is -0.139. The van der Waals surface area contributed by atoms with Crippen molar-refractivity contribution in [1.29, 1.82) is 0 Å². The van der Waals surface area contributed by atoms with Gasteiger partial charge in [0, 0.05) is 13.1 Å². The average molecular weight is 246 g/mol. The maximum Gasteiger partial charge on any atom is 0.410 e. The van der Waals surface area contributed by atoms with E-state index in [2.05, 4.69) is 0 Å². The van der Waals surface area contributed by atoms with Crippen molar-refractivity contribution in [3.8, 4) is 0 Å². The number of rotatable bonds is 4. The van der Waals surface area contributed by atoms with E-state index in [0.29, 0.717) is 0 Å². The van der Waals surface area contributed by atoms with Gasteiger partial charge in [0.2, 0.25) is 0 Å². The predicted octanol–water partition coefficient (Wildman–Crippen LogP) is 1.04. The number of hydrogen-bond acceptors (Lipinski definition) is 4. The van der Waals surface area contributed by atoms with Crippen molar-refractivity contribution >= 4 is 12.1 Å². The average Bonchev–Trinajstić information content (AvgIpc) is 2.13. The Balaban J connectivity index is 4.35. The summed E-state index contributed by atoms with van der Waals surface area (Å²) in [4.78, 5) is 23.6. The summed E-state index contributed by atoms with van der Waals surface area (Å²) in [6, 6.07) is -1.27. The number of carboxylic acids is 1. The van der Waals surface area contributed by atoms with Crippen LogP contribution >= 0.6 is 0 Å². The molecule has 0 aliphatic rings. The molecule has 0 aromatic heterocycles. The van der Waals surface area contributed by atoms with E-state index in [4.69, 9.17) is 15.6 Å². The summed E-state index contributed by atoms with van der Waals surface area (Å²) in [5.41, 5.74) is 4.83. The molecule has 0 fully saturated rings. The zero-order valence-corrected chi connectivity index (χ0v) is 11.1. The molecule has 0 aromatic carbocycles. The van der Waals surface area contributed by atoms with E-state index in [-0.39, 0.29) is 12.5 Å². The van der Waals surface area contributed by atoms with Crippen LogP contribution in [0.1, 0.15) is 34.1 Å². The maximum absolute atomic E-state index is 11.7. The Morgan fingerprint density at radius 3 is 2.24 bits per heavy atom. The van der Waals surface area contributed by atoms with Gasteiger partial charge in [0.1, 0.15) is 11.6 Å². The Labute approximate surface area is 102 Å². The first-order chi connectivity index (χ1) is 7.54. The number of carbonyl (C=O) groups excluding carboxylic acids is 1. The first-order valence-corrected chi connectivity index (χ1v) is 5.48. The summed E-state index contributed by atoms with van der Waals surface area (Å²) in [5.74, 6) is -1.07. The van der Waals surface area contributed by atoms with Crippen LogP contribution in [0.4, 0.5) is 4.79 Å². The Morgan fingerprint density at radius 2 is 1.88 bits per heavy atom. The molecule has 0 aliphatic heterocycles. The molecule has 0 radical (unpaired) electrons. The second kappa shape index (κ2) is 5.86. The van der Waals surface area contributed by atoms with Crippen LogP contribution in [0.3, 0.4) is 0 Å². The number of ether oxygens (including phenoxy) is 1. The molecule has 0 saturated carbocycles. The van der Waals surface area contributed by atoms with Crippen LogP contribution in [0.2, 0.25) is 0 Å². The normalized spacial score (nSPS) is 14.9. The van der Waals surface area contributed by atoms with Gasteiger partial charge in [0.05, 0.1) is 0 Å². The van der Waals surface area contributed by atoms with Crippen molar-refractivity contribution in [1.82, 2.24) is 4.90 Å². The second-order valence-corrected chi connectivity index (χ2v) is 5.12. The van der Waals surface area contributed by atoms with Crippen molar-refractivity contribution in [3.05, 3.63) is 0 Å². The highest BCUT2D eigenvalue weighted by molar-refractivity contribution is 5.73. The molecule has 100 valence electrons. The van der Waals surface area contributed by atoms with Gasteiger partial charge in [-0.25, -0.2) is 4.79 Å². The number of hydrogen-bond donors (Lipinski definition) is 2. The lowest BCUT2D eigenvalue weighted by Gasteiger charge is -2.29. The Bertz CT molecular complexity index is 286. The first kappa shape index (κ1) is 15.7. The molecule has 1 amide bonds. The number of aliphatic carboxylic acids is 1. The van der Waals surface area contributed by atoms with E-state index in [1.807, 2.05) is 0 Å². The van der Waals surface area contributed by atoms with Gasteiger partial charge in [-0.2, -0.15) is 0 Å². The van der Waals surface area contributed by atoms with Crippen LogP contribution < -0.4 is 5.73 Å². The molecule has 0 aromatic rings. The van der Waals surface area contributed by atoms with E-state index in [1.54, 1.807) is 34.7 Å². The number of nitrogens with two attached hydrogens (primary N) is 1. The van der Waals surface area contributed by atoms with Crippen LogP contribution in [-0.2, 0) is 9.53 Å². The molecule has 0 bridgehead atoms. The van der Waals surface area contributed by atoms with Crippen LogP contribution in [0.25, 0.3) is 0 Å². The second-order valence-electron chi connectivity index (χ2n) is 5.12. The van der Waals surface area contributed by atoms with E-state index < -0.39 is 23.7 Å². The third-order valence-electron chi connectivity index (χ3n) is 2.25. The smallest absolute Gasteiger partial charge is 0.410 e. The van der Waals surface area contributed by atoms with Crippen LogP contribution in [0.15, 0.2) is 0 Å². The van der Waals surface area contributed by atoms with Crippen LogP contribution in [0, 0.1) is 0 Å². The molecule has 17 heavy (non-hydrogen) atoms. The fourth-order valence-corrected chi connectivity index (χ4v) is 1.14. The molecule has 3 N–H and O–H groups in total. The lowest BCUT2D eigenvalue weighted by Crippen LogP contribution is -2.43. The number of amides is 1. The summed E-state index contributed by atoms with van der Waals surface area (Å²) in [5, 5.41) is 8.68. The van der Waals surface area contributed by atoms with Crippen LogP contribution in [0.5, 0.6) is 0 Å². The van der Waals surface area contributed by atoms with Gasteiger partial charge < -0.3 is 20.5 Å². The van der Waals surface area contributed by atoms with Gasteiger partial charge in [0.15, 0.2) is 0 Å². The first-order valence-electron chi connectivity index (χ1n) is 5.48. The van der Waals surface area contributed by atoms with Gasteiger partial charge in [-0.05, 0) is 34.1 Å². The predicted molar refractivity (Wildman–Crippen MR) is 63.7 cm³/mol. The number of carboxylic acid groups (broad SMARTS) is 1. The summed E-state index contributed by atoms with van der Waals surface area (Å²) in [6.07, 6.45) is -0.298. The van der Waals surface area contributed by atoms with E-state index >= 15 is 0 Å². The largest absolute Gasteiger partial charge is 0.480 e. The number of carbonyl (C=O) groups is 2. The third kappa shape index (κ3) is 6.11. The highest BCUT2D eigenvalue weighted by Crippen LogP contribution is 2.12. The Morgan fingerprint density at radius 1 is 1.41 bits per heavy atom. The molecule has 0 rings (SSSR count). The molecule has 0 heterocycles. The SMILES string of the molecule is CC(CC(N)C(=O)O)N(C)C(=O)OC(C)(C)C. The minimum atomic E-state index is -1.07. The standard InChI is InChI=1S/C11H22N2O4/c1-7(6-8(12)9(14)15)13(5)10(16)17-11(2,3)4/h7-8H,6,12H2,1-5H3,(H,14,15). The maximum atomic E-state index is 11.7. The molecular weight excluding hydrogens is 224 g/mol. The molecule has 0 saturated heterocycles. The minimum Gasteiger partial charge on any atom is -0.480 e. The van der Waals surface area contributed by atoms with Gasteiger partial charge in [-0.3, -0.25) is 4.79 Å².